The first-order valence-electron chi connectivity index (χ1n) is 7.23. The topological polar surface area (TPSA) is 132 Å². The molecule has 0 atom stereocenters. The van der Waals surface area contributed by atoms with Crippen molar-refractivity contribution in [3.63, 3.8) is 0 Å². The van der Waals surface area contributed by atoms with Crippen LogP contribution in [0.5, 0.6) is 0 Å². The third-order valence-electron chi connectivity index (χ3n) is 3.18. The second kappa shape index (κ2) is 8.52. The molecular weight excluding hydrogens is 334 g/mol. The number of nitro benzene ring substituents is 1. The molecule has 0 aliphatic rings. The smallest absolute Gasteiger partial charge is 0.267 e. The zero-order valence-electron chi connectivity index (χ0n) is 13.3. The van der Waals surface area contributed by atoms with Gasteiger partial charge < -0.3 is 0 Å². The van der Waals surface area contributed by atoms with E-state index in [-0.39, 0.29) is 11.3 Å². The summed E-state index contributed by atoms with van der Waals surface area (Å²) in [6.07, 6.45) is 2.60. The van der Waals surface area contributed by atoms with Crippen LogP contribution in [0.2, 0.25) is 0 Å². The van der Waals surface area contributed by atoms with Crippen LogP contribution in [0.25, 0.3) is 6.08 Å². The fourth-order valence-corrected chi connectivity index (χ4v) is 1.91. The molecule has 0 aromatic heterocycles. The monoisotopic (exact) mass is 345 g/mol. The second-order valence-corrected chi connectivity index (χ2v) is 4.95. The molecule has 0 fully saturated rings. The standard InChI is InChI=1S/C18H11N5O3/c19-10-13-4-6-14(7-5-13)12-21-22-18(24)16(11-20)8-15-2-1-3-17(9-15)23(25)26/h1-9,12H,(H,22,24)/b16-8+,21-12+. The van der Waals surface area contributed by atoms with E-state index in [9.17, 15) is 14.9 Å². The highest BCUT2D eigenvalue weighted by Gasteiger charge is 2.10. The number of nitrogens with one attached hydrogen (secondary N) is 1. The number of amides is 1. The Morgan fingerprint density at radius 3 is 2.50 bits per heavy atom. The number of nitro groups is 1. The molecular formula is C18H11N5O3. The maximum atomic E-state index is 12.0. The van der Waals surface area contributed by atoms with Gasteiger partial charge >= 0.3 is 0 Å². The van der Waals surface area contributed by atoms with Gasteiger partial charge in [-0.3, -0.25) is 14.9 Å². The van der Waals surface area contributed by atoms with E-state index in [4.69, 9.17) is 10.5 Å². The minimum Gasteiger partial charge on any atom is -0.267 e. The number of rotatable bonds is 5. The minimum atomic E-state index is -0.746. The minimum absolute atomic E-state index is 0.143. The van der Waals surface area contributed by atoms with Gasteiger partial charge in [0.1, 0.15) is 11.6 Å². The van der Waals surface area contributed by atoms with Crippen molar-refractivity contribution < 1.29 is 9.72 Å². The van der Waals surface area contributed by atoms with Crippen LogP contribution in [0.3, 0.4) is 0 Å². The molecule has 26 heavy (non-hydrogen) atoms. The maximum absolute atomic E-state index is 12.0. The van der Waals surface area contributed by atoms with Gasteiger partial charge in [-0.2, -0.15) is 15.6 Å². The Labute approximate surface area is 148 Å². The van der Waals surface area contributed by atoms with Gasteiger partial charge in [0.05, 0.1) is 22.8 Å². The van der Waals surface area contributed by atoms with Gasteiger partial charge in [-0.15, -0.1) is 0 Å². The average Bonchev–Trinajstić information content (AvgIpc) is 2.66. The number of nitriles is 2. The average molecular weight is 345 g/mol. The number of carbonyl (C=O) groups excluding carboxylic acids is 1. The van der Waals surface area contributed by atoms with E-state index in [2.05, 4.69) is 10.5 Å². The third-order valence-corrected chi connectivity index (χ3v) is 3.18. The van der Waals surface area contributed by atoms with Gasteiger partial charge in [-0.05, 0) is 29.3 Å². The quantitative estimate of drug-likeness (QED) is 0.292. The fraction of sp³-hybridized carbons (Fsp3) is 0. The van der Waals surface area contributed by atoms with Crippen molar-refractivity contribution in [2.24, 2.45) is 5.10 Å². The summed E-state index contributed by atoms with van der Waals surface area (Å²) >= 11 is 0. The molecule has 0 bridgehead atoms. The zero-order chi connectivity index (χ0) is 18.9. The first-order valence-corrected chi connectivity index (χ1v) is 7.23. The molecule has 8 nitrogen and oxygen atoms in total. The molecule has 0 saturated heterocycles. The van der Waals surface area contributed by atoms with E-state index < -0.39 is 10.8 Å². The van der Waals surface area contributed by atoms with Gasteiger partial charge in [-0.25, -0.2) is 5.43 Å². The Bertz CT molecular complexity index is 979. The molecule has 0 aliphatic carbocycles. The predicted octanol–water partition coefficient (Wildman–Crippen LogP) is 2.52. The molecule has 1 amide bonds. The lowest BCUT2D eigenvalue weighted by Crippen LogP contribution is -2.19. The molecule has 0 spiro atoms. The molecule has 2 aromatic carbocycles. The van der Waals surface area contributed by atoms with Gasteiger partial charge in [-0.1, -0.05) is 24.3 Å². The van der Waals surface area contributed by atoms with Crippen molar-refractivity contribution in [1.29, 1.82) is 10.5 Å². The van der Waals surface area contributed by atoms with Crippen LogP contribution in [0.1, 0.15) is 16.7 Å². The molecule has 1 N–H and O–H groups in total. The Hall–Kier alpha value is -4.30. The number of hydrogen-bond acceptors (Lipinski definition) is 6. The summed E-state index contributed by atoms with van der Waals surface area (Å²) in [5.41, 5.74) is 3.32. The van der Waals surface area contributed by atoms with Crippen LogP contribution in [0.4, 0.5) is 5.69 Å². The summed E-state index contributed by atoms with van der Waals surface area (Å²) < 4.78 is 0. The molecule has 126 valence electrons. The Morgan fingerprint density at radius 2 is 1.88 bits per heavy atom. The molecule has 0 heterocycles. The largest absolute Gasteiger partial charge is 0.282 e. The van der Waals surface area contributed by atoms with Crippen LogP contribution in [-0.2, 0) is 4.79 Å². The van der Waals surface area contributed by atoms with Crippen LogP contribution >= 0.6 is 0 Å². The highest BCUT2D eigenvalue weighted by Crippen LogP contribution is 2.15. The first-order chi connectivity index (χ1) is 12.5. The van der Waals surface area contributed by atoms with Gasteiger partial charge in [0.15, 0.2) is 0 Å². The van der Waals surface area contributed by atoms with Crippen molar-refractivity contribution in [3.8, 4) is 12.1 Å². The van der Waals surface area contributed by atoms with E-state index in [1.165, 1.54) is 36.6 Å². The lowest BCUT2D eigenvalue weighted by molar-refractivity contribution is -0.384. The molecule has 0 aliphatic heterocycles. The van der Waals surface area contributed by atoms with Crippen molar-refractivity contribution in [2.75, 3.05) is 0 Å². The summed E-state index contributed by atoms with van der Waals surface area (Å²) in [4.78, 5) is 22.2. The normalized spacial score (nSPS) is 10.8. The number of hydrazone groups is 1. The summed E-state index contributed by atoms with van der Waals surface area (Å²) in [6.45, 7) is 0. The van der Waals surface area contributed by atoms with Crippen molar-refractivity contribution in [1.82, 2.24) is 5.43 Å². The molecule has 8 heteroatoms. The Kier molecular flexibility index (Phi) is 5.92. The van der Waals surface area contributed by atoms with Gasteiger partial charge in [0.2, 0.25) is 0 Å². The highest BCUT2D eigenvalue weighted by molar-refractivity contribution is 6.02. The number of hydrogen-bond donors (Lipinski definition) is 1. The lowest BCUT2D eigenvalue weighted by atomic mass is 10.1. The van der Waals surface area contributed by atoms with Crippen LogP contribution < -0.4 is 5.43 Å². The van der Waals surface area contributed by atoms with Crippen molar-refractivity contribution in [3.05, 3.63) is 80.9 Å². The summed E-state index contributed by atoms with van der Waals surface area (Å²) in [7, 11) is 0. The summed E-state index contributed by atoms with van der Waals surface area (Å²) in [5, 5.41) is 32.3. The van der Waals surface area contributed by atoms with E-state index in [1.807, 2.05) is 6.07 Å². The maximum Gasteiger partial charge on any atom is 0.282 e. The third kappa shape index (κ3) is 4.85. The summed E-state index contributed by atoms with van der Waals surface area (Å²) in [5.74, 6) is -0.746. The van der Waals surface area contributed by atoms with Crippen LogP contribution in [-0.4, -0.2) is 17.0 Å². The number of benzene rings is 2. The highest BCUT2D eigenvalue weighted by atomic mass is 16.6. The van der Waals surface area contributed by atoms with Gasteiger partial charge in [0, 0.05) is 12.1 Å². The number of non-ortho nitro benzene ring substituents is 1. The lowest BCUT2D eigenvalue weighted by Gasteiger charge is -1.99. The number of nitrogens with zero attached hydrogens (tertiary/aromatic N) is 4. The van der Waals surface area contributed by atoms with E-state index >= 15 is 0 Å². The molecule has 0 saturated carbocycles. The van der Waals surface area contributed by atoms with Crippen molar-refractivity contribution in [2.45, 2.75) is 0 Å². The van der Waals surface area contributed by atoms with E-state index in [0.717, 1.165) is 0 Å². The van der Waals surface area contributed by atoms with E-state index in [1.54, 1.807) is 30.3 Å². The van der Waals surface area contributed by atoms with Crippen LogP contribution in [0, 0.1) is 32.8 Å². The Morgan fingerprint density at radius 1 is 1.15 bits per heavy atom. The first kappa shape index (κ1) is 18.0. The van der Waals surface area contributed by atoms with Gasteiger partial charge in [0.25, 0.3) is 11.6 Å². The molecule has 0 radical (unpaired) electrons. The van der Waals surface area contributed by atoms with Crippen LogP contribution in [0.15, 0.2) is 59.2 Å². The zero-order valence-corrected chi connectivity index (χ0v) is 13.3. The number of carbonyl (C=O) groups is 1. The molecule has 2 aromatic rings. The van der Waals surface area contributed by atoms with E-state index in [0.29, 0.717) is 16.7 Å². The predicted molar refractivity (Wildman–Crippen MR) is 93.6 cm³/mol. The second-order valence-electron chi connectivity index (χ2n) is 4.95. The van der Waals surface area contributed by atoms with Crippen molar-refractivity contribution >= 4 is 23.9 Å². The SMILES string of the molecule is N#C/C(=C\c1cccc([N+](=O)[O-])c1)C(=O)N/N=C/c1ccc(C#N)cc1. The fourth-order valence-electron chi connectivity index (χ4n) is 1.91. The molecule has 0 unspecified atom stereocenters. The summed E-state index contributed by atoms with van der Waals surface area (Å²) in [6, 6.07) is 15.8. The molecule has 2 rings (SSSR count). The Balaban J connectivity index is 2.09.